The van der Waals surface area contributed by atoms with Gasteiger partial charge in [-0.15, -0.1) is 0 Å². The van der Waals surface area contributed by atoms with E-state index in [4.69, 9.17) is 5.11 Å². The lowest BCUT2D eigenvalue weighted by Crippen LogP contribution is -2.12. The monoisotopic (exact) mass is 142 g/mol. The van der Waals surface area contributed by atoms with E-state index in [1.54, 1.807) is 0 Å². The summed E-state index contributed by atoms with van der Waals surface area (Å²) in [7, 11) is 1.31. The second kappa shape index (κ2) is 2.29. The third-order valence-electron chi connectivity index (χ3n) is 1.27. The molecule has 0 unspecified atom stereocenters. The van der Waals surface area contributed by atoms with Crippen LogP contribution in [-0.4, -0.2) is 13.0 Å². The Morgan fingerprint density at radius 3 is 2.00 bits per heavy atom. The molecule has 0 amide bonds. The average Bonchev–Trinajstić information content (AvgIpc) is 1.82. The molecule has 0 spiro atoms. The van der Waals surface area contributed by atoms with Crippen LogP contribution in [0, 0.1) is 11.6 Å². The first-order chi connectivity index (χ1) is 4.61. The van der Waals surface area contributed by atoms with E-state index in [0.717, 1.165) is 12.1 Å². The zero-order chi connectivity index (χ0) is 7.72. The summed E-state index contributed by atoms with van der Waals surface area (Å²) in [4.78, 5) is 0. The number of benzene rings is 1. The Kier molecular flexibility index (Phi) is 1.61. The summed E-state index contributed by atoms with van der Waals surface area (Å²) >= 11 is 0. The third-order valence-corrected chi connectivity index (χ3v) is 1.27. The molecule has 0 aliphatic rings. The first kappa shape index (κ1) is 7.06. The molecule has 4 heteroatoms. The fraction of sp³-hybridized carbons (Fsp3) is 0. The maximum Gasteiger partial charge on any atom is 0.147 e. The quantitative estimate of drug-likeness (QED) is 0.502. The summed E-state index contributed by atoms with van der Waals surface area (Å²) in [6.07, 6.45) is 0. The predicted molar refractivity (Wildman–Crippen MR) is 36.2 cm³/mol. The summed E-state index contributed by atoms with van der Waals surface area (Å²) in [6.45, 7) is 0. The largest absolute Gasteiger partial charge is 0.508 e. The summed E-state index contributed by atoms with van der Waals surface area (Å²) in [5.41, 5.74) is -0.0715. The van der Waals surface area contributed by atoms with Gasteiger partial charge in [0.2, 0.25) is 0 Å². The maximum atomic E-state index is 12.4. The first-order valence-corrected chi connectivity index (χ1v) is 2.76. The van der Waals surface area contributed by atoms with E-state index < -0.39 is 11.6 Å². The molecule has 1 rings (SSSR count). The van der Waals surface area contributed by atoms with Crippen molar-refractivity contribution in [1.29, 1.82) is 0 Å². The van der Waals surface area contributed by atoms with Crippen LogP contribution in [0.1, 0.15) is 0 Å². The van der Waals surface area contributed by atoms with Crippen molar-refractivity contribution in [2.24, 2.45) is 0 Å². The third kappa shape index (κ3) is 1.10. The predicted octanol–water partition coefficient (Wildman–Crippen LogP) is -0.0712. The van der Waals surface area contributed by atoms with Gasteiger partial charge in [0.15, 0.2) is 0 Å². The molecule has 52 valence electrons. The highest BCUT2D eigenvalue weighted by Gasteiger charge is 2.04. The summed E-state index contributed by atoms with van der Waals surface area (Å²) < 4.78 is 24.9. The van der Waals surface area contributed by atoms with Gasteiger partial charge in [0.25, 0.3) is 0 Å². The van der Waals surface area contributed by atoms with Gasteiger partial charge in [-0.3, -0.25) is 0 Å². The number of rotatable bonds is 0. The molecule has 0 atom stereocenters. The fourth-order valence-corrected chi connectivity index (χ4v) is 0.632. The Bertz CT molecular complexity index is 239. The van der Waals surface area contributed by atoms with Crippen molar-refractivity contribution in [1.82, 2.24) is 0 Å². The van der Waals surface area contributed by atoms with Crippen LogP contribution in [0.25, 0.3) is 0 Å². The SMILES string of the molecule is Bc1c(F)cc(O)cc1F. The second-order valence-electron chi connectivity index (χ2n) is 2.03. The molecular weight excluding hydrogens is 137 g/mol. The smallest absolute Gasteiger partial charge is 0.147 e. The van der Waals surface area contributed by atoms with Crippen molar-refractivity contribution >= 4 is 13.3 Å². The van der Waals surface area contributed by atoms with Crippen LogP contribution in [-0.2, 0) is 0 Å². The number of hydrogen-bond acceptors (Lipinski definition) is 1. The molecule has 1 nitrogen and oxygen atoms in total. The molecule has 1 aromatic carbocycles. The first-order valence-electron chi connectivity index (χ1n) is 2.76. The second-order valence-corrected chi connectivity index (χ2v) is 2.03. The highest BCUT2D eigenvalue weighted by Crippen LogP contribution is 2.10. The minimum atomic E-state index is -0.725. The molecule has 10 heavy (non-hydrogen) atoms. The lowest BCUT2D eigenvalue weighted by molar-refractivity contribution is 0.462. The number of phenolic OH excluding ortho intramolecular Hbond substituents is 1. The van der Waals surface area contributed by atoms with E-state index in [2.05, 4.69) is 0 Å². The molecule has 0 aromatic heterocycles. The van der Waals surface area contributed by atoms with Gasteiger partial charge in [-0.25, -0.2) is 8.78 Å². The number of aromatic hydroxyl groups is 1. The van der Waals surface area contributed by atoms with Gasteiger partial charge in [-0.05, 0) is 5.46 Å². The van der Waals surface area contributed by atoms with E-state index in [9.17, 15) is 8.78 Å². The van der Waals surface area contributed by atoms with Crippen molar-refractivity contribution < 1.29 is 13.9 Å². The van der Waals surface area contributed by atoms with Crippen molar-refractivity contribution in [3.8, 4) is 5.75 Å². The van der Waals surface area contributed by atoms with Gasteiger partial charge in [0, 0.05) is 12.1 Å². The molecular formula is C6H5BF2O. The Morgan fingerprint density at radius 2 is 1.60 bits per heavy atom. The van der Waals surface area contributed by atoms with Crippen molar-refractivity contribution in [3.05, 3.63) is 23.8 Å². The number of halogens is 2. The minimum absolute atomic E-state index is 0.0715. The van der Waals surface area contributed by atoms with Gasteiger partial charge in [0.05, 0.1) is 0 Å². The van der Waals surface area contributed by atoms with E-state index in [1.807, 2.05) is 0 Å². The van der Waals surface area contributed by atoms with E-state index >= 15 is 0 Å². The van der Waals surface area contributed by atoms with Gasteiger partial charge in [-0.2, -0.15) is 0 Å². The van der Waals surface area contributed by atoms with Crippen molar-refractivity contribution in [2.75, 3.05) is 0 Å². The fourth-order valence-electron chi connectivity index (χ4n) is 0.632. The van der Waals surface area contributed by atoms with E-state index in [-0.39, 0.29) is 11.2 Å². The van der Waals surface area contributed by atoms with Gasteiger partial charge >= 0.3 is 0 Å². The zero-order valence-electron chi connectivity index (χ0n) is 5.36. The van der Waals surface area contributed by atoms with E-state index in [0.29, 0.717) is 0 Å². The van der Waals surface area contributed by atoms with Crippen LogP contribution in [0.5, 0.6) is 5.75 Å². The van der Waals surface area contributed by atoms with Crippen molar-refractivity contribution in [2.45, 2.75) is 0 Å². The molecule has 0 saturated carbocycles. The molecule has 0 aliphatic carbocycles. The molecule has 0 aliphatic heterocycles. The summed E-state index contributed by atoms with van der Waals surface area (Å²) in [6, 6.07) is 1.75. The Morgan fingerprint density at radius 1 is 1.20 bits per heavy atom. The van der Waals surface area contributed by atoms with Gasteiger partial charge in [0.1, 0.15) is 25.2 Å². The molecule has 0 fully saturated rings. The maximum absolute atomic E-state index is 12.4. The molecule has 0 heterocycles. The molecule has 1 N–H and O–H groups in total. The minimum Gasteiger partial charge on any atom is -0.508 e. The highest BCUT2D eigenvalue weighted by molar-refractivity contribution is 6.32. The standard InChI is InChI=1S/C6H5BF2O/c7-6-4(8)1-3(10)2-5(6)9/h1-2,10H,7H2. The Labute approximate surface area is 57.7 Å². The molecule has 1 aromatic rings. The summed E-state index contributed by atoms with van der Waals surface area (Å²) in [5.74, 6) is -1.84. The number of phenols is 1. The highest BCUT2D eigenvalue weighted by atomic mass is 19.1. The topological polar surface area (TPSA) is 20.2 Å². The normalized spacial score (nSPS) is 9.80. The van der Waals surface area contributed by atoms with Gasteiger partial charge < -0.3 is 5.11 Å². The molecule has 0 radical (unpaired) electrons. The summed E-state index contributed by atoms with van der Waals surface area (Å²) in [5, 5.41) is 8.64. The van der Waals surface area contributed by atoms with Crippen LogP contribution >= 0.6 is 0 Å². The number of hydrogen-bond donors (Lipinski definition) is 1. The van der Waals surface area contributed by atoms with E-state index in [1.165, 1.54) is 7.85 Å². The Hall–Kier alpha value is -1.06. The van der Waals surface area contributed by atoms with Crippen LogP contribution in [0.3, 0.4) is 0 Å². The van der Waals surface area contributed by atoms with Crippen LogP contribution in [0.2, 0.25) is 0 Å². The van der Waals surface area contributed by atoms with Crippen LogP contribution in [0.4, 0.5) is 8.78 Å². The lowest BCUT2D eigenvalue weighted by Gasteiger charge is -1.97. The average molecular weight is 142 g/mol. The van der Waals surface area contributed by atoms with Crippen LogP contribution < -0.4 is 5.46 Å². The van der Waals surface area contributed by atoms with Crippen LogP contribution in [0.15, 0.2) is 12.1 Å². The van der Waals surface area contributed by atoms with Gasteiger partial charge in [-0.1, -0.05) is 0 Å². The lowest BCUT2D eigenvalue weighted by atomic mass is 9.95. The molecule has 0 saturated heterocycles. The molecule has 0 bridgehead atoms. The van der Waals surface area contributed by atoms with Crippen molar-refractivity contribution in [3.63, 3.8) is 0 Å². The zero-order valence-corrected chi connectivity index (χ0v) is 5.36. The Balaban J connectivity index is 3.31.